The van der Waals surface area contributed by atoms with Gasteiger partial charge in [0.2, 0.25) is 0 Å². The average Bonchev–Trinajstić information content (AvgIpc) is 2.77. The molecule has 17 heavy (non-hydrogen) atoms. The zero-order chi connectivity index (χ0) is 12.1. The lowest BCUT2D eigenvalue weighted by Crippen LogP contribution is -2.18. The lowest BCUT2D eigenvalue weighted by molar-refractivity contribution is 0.659. The Morgan fingerprint density at radius 1 is 1.35 bits per heavy atom. The normalized spacial score (nSPS) is 12.6. The van der Waals surface area contributed by atoms with E-state index >= 15 is 0 Å². The molecular formula is C13H17N3S. The molecule has 0 bridgehead atoms. The SMILES string of the molecule is CNC(CSc1nccn1C)c1ccccc1. The first-order chi connectivity index (χ1) is 8.31. The summed E-state index contributed by atoms with van der Waals surface area (Å²) in [6.07, 6.45) is 3.80. The van der Waals surface area contributed by atoms with E-state index in [1.54, 1.807) is 11.8 Å². The van der Waals surface area contributed by atoms with E-state index in [0.717, 1.165) is 10.9 Å². The molecule has 0 saturated carbocycles. The molecule has 2 aromatic rings. The summed E-state index contributed by atoms with van der Waals surface area (Å²) in [5, 5.41) is 4.40. The zero-order valence-corrected chi connectivity index (χ0v) is 10.9. The number of thioether (sulfide) groups is 1. The molecule has 1 aromatic carbocycles. The highest BCUT2D eigenvalue weighted by molar-refractivity contribution is 7.99. The molecule has 0 aliphatic heterocycles. The van der Waals surface area contributed by atoms with Gasteiger partial charge in [-0.05, 0) is 12.6 Å². The van der Waals surface area contributed by atoms with Gasteiger partial charge in [0.05, 0.1) is 0 Å². The van der Waals surface area contributed by atoms with Gasteiger partial charge in [-0.3, -0.25) is 0 Å². The third-order valence-corrected chi connectivity index (χ3v) is 3.86. The van der Waals surface area contributed by atoms with Crippen molar-refractivity contribution >= 4 is 11.8 Å². The van der Waals surface area contributed by atoms with E-state index in [4.69, 9.17) is 0 Å². The number of nitrogens with zero attached hydrogens (tertiary/aromatic N) is 2. The number of hydrogen-bond acceptors (Lipinski definition) is 3. The van der Waals surface area contributed by atoms with Crippen LogP contribution >= 0.6 is 11.8 Å². The molecule has 0 aliphatic carbocycles. The van der Waals surface area contributed by atoms with Crippen LogP contribution in [0.4, 0.5) is 0 Å². The fraction of sp³-hybridized carbons (Fsp3) is 0.308. The maximum absolute atomic E-state index is 4.31. The van der Waals surface area contributed by atoms with Crippen molar-refractivity contribution in [3.8, 4) is 0 Å². The van der Waals surface area contributed by atoms with Crippen LogP contribution in [0.15, 0.2) is 47.9 Å². The summed E-state index contributed by atoms with van der Waals surface area (Å²) in [5.74, 6) is 0.978. The minimum atomic E-state index is 0.359. The highest BCUT2D eigenvalue weighted by Crippen LogP contribution is 2.22. The molecule has 0 radical (unpaired) electrons. The van der Waals surface area contributed by atoms with Crippen molar-refractivity contribution in [2.75, 3.05) is 12.8 Å². The van der Waals surface area contributed by atoms with Gasteiger partial charge in [0.1, 0.15) is 0 Å². The third kappa shape index (κ3) is 3.11. The Kier molecular flexibility index (Phi) is 4.23. The number of nitrogens with one attached hydrogen (secondary N) is 1. The summed E-state index contributed by atoms with van der Waals surface area (Å²) in [7, 11) is 4.02. The molecule has 1 heterocycles. The first kappa shape index (κ1) is 12.2. The van der Waals surface area contributed by atoms with E-state index in [1.165, 1.54) is 5.56 Å². The van der Waals surface area contributed by atoms with E-state index in [0.29, 0.717) is 6.04 Å². The monoisotopic (exact) mass is 247 g/mol. The summed E-state index contributed by atoms with van der Waals surface area (Å²) >= 11 is 1.77. The number of aryl methyl sites for hydroxylation is 1. The lowest BCUT2D eigenvalue weighted by Gasteiger charge is -2.15. The molecule has 0 spiro atoms. The second-order valence-corrected chi connectivity index (χ2v) is 4.87. The maximum Gasteiger partial charge on any atom is 0.167 e. The van der Waals surface area contributed by atoms with E-state index in [1.807, 2.05) is 37.1 Å². The molecular weight excluding hydrogens is 230 g/mol. The number of rotatable bonds is 5. The van der Waals surface area contributed by atoms with Gasteiger partial charge in [0.25, 0.3) is 0 Å². The Bertz CT molecular complexity index is 453. The van der Waals surface area contributed by atoms with E-state index < -0.39 is 0 Å². The summed E-state index contributed by atoms with van der Waals surface area (Å²) in [6, 6.07) is 10.9. The van der Waals surface area contributed by atoms with Crippen molar-refractivity contribution in [3.05, 3.63) is 48.3 Å². The van der Waals surface area contributed by atoms with Crippen molar-refractivity contribution in [3.63, 3.8) is 0 Å². The van der Waals surface area contributed by atoms with E-state index in [2.05, 4.69) is 34.6 Å². The Morgan fingerprint density at radius 2 is 2.12 bits per heavy atom. The molecule has 2 rings (SSSR count). The largest absolute Gasteiger partial charge is 0.329 e. The van der Waals surface area contributed by atoms with Crippen molar-refractivity contribution in [2.24, 2.45) is 7.05 Å². The summed E-state index contributed by atoms with van der Waals surface area (Å²) in [6.45, 7) is 0. The number of aromatic nitrogens is 2. The van der Waals surface area contributed by atoms with Gasteiger partial charge >= 0.3 is 0 Å². The summed E-state index contributed by atoms with van der Waals surface area (Å²) < 4.78 is 2.04. The van der Waals surface area contributed by atoms with Crippen LogP contribution in [0, 0.1) is 0 Å². The maximum atomic E-state index is 4.31. The molecule has 3 nitrogen and oxygen atoms in total. The van der Waals surface area contributed by atoms with Gasteiger partial charge in [-0.25, -0.2) is 4.98 Å². The quantitative estimate of drug-likeness (QED) is 0.823. The molecule has 0 saturated heterocycles. The molecule has 1 unspecified atom stereocenters. The van der Waals surface area contributed by atoms with Crippen molar-refractivity contribution in [1.82, 2.24) is 14.9 Å². The van der Waals surface area contributed by atoms with Crippen molar-refractivity contribution < 1.29 is 0 Å². The van der Waals surface area contributed by atoms with Crippen molar-refractivity contribution in [2.45, 2.75) is 11.2 Å². The Hall–Kier alpha value is -1.26. The van der Waals surface area contributed by atoms with Crippen LogP contribution in [0.25, 0.3) is 0 Å². The second-order valence-electron chi connectivity index (χ2n) is 3.88. The van der Waals surface area contributed by atoms with Gasteiger partial charge in [-0.2, -0.15) is 0 Å². The van der Waals surface area contributed by atoms with Gasteiger partial charge in [0.15, 0.2) is 5.16 Å². The van der Waals surface area contributed by atoms with Crippen LogP contribution in [-0.4, -0.2) is 22.4 Å². The van der Waals surface area contributed by atoms with Gasteiger partial charge in [-0.1, -0.05) is 42.1 Å². The van der Waals surface area contributed by atoms with Crippen LogP contribution in [0.2, 0.25) is 0 Å². The summed E-state index contributed by atoms with van der Waals surface area (Å²) in [4.78, 5) is 4.31. The van der Waals surface area contributed by atoms with E-state index in [-0.39, 0.29) is 0 Å². The lowest BCUT2D eigenvalue weighted by atomic mass is 10.1. The first-order valence-corrected chi connectivity index (χ1v) is 6.62. The Balaban J connectivity index is 1.99. The standard InChI is InChI=1S/C13H17N3S/c1-14-12(11-6-4-3-5-7-11)10-17-13-15-8-9-16(13)2/h3-9,12,14H,10H2,1-2H3. The first-order valence-electron chi connectivity index (χ1n) is 5.63. The van der Waals surface area contributed by atoms with Gasteiger partial charge in [0, 0.05) is 31.2 Å². The fourth-order valence-corrected chi connectivity index (χ4v) is 2.76. The molecule has 1 N–H and O–H groups in total. The molecule has 1 atom stereocenters. The highest BCUT2D eigenvalue weighted by atomic mass is 32.2. The number of imidazole rings is 1. The molecule has 4 heteroatoms. The van der Waals surface area contributed by atoms with Crippen LogP contribution in [0.5, 0.6) is 0 Å². The minimum absolute atomic E-state index is 0.359. The van der Waals surface area contributed by atoms with Gasteiger partial charge < -0.3 is 9.88 Å². The Labute approximate surface area is 106 Å². The smallest absolute Gasteiger partial charge is 0.167 e. The third-order valence-electron chi connectivity index (χ3n) is 2.71. The predicted molar refractivity (Wildman–Crippen MR) is 72.2 cm³/mol. The van der Waals surface area contributed by atoms with Gasteiger partial charge in [-0.15, -0.1) is 0 Å². The highest BCUT2D eigenvalue weighted by Gasteiger charge is 2.10. The predicted octanol–water partition coefficient (Wildman–Crippen LogP) is 2.47. The topological polar surface area (TPSA) is 29.9 Å². The molecule has 90 valence electrons. The fourth-order valence-electron chi connectivity index (χ4n) is 1.68. The molecule has 0 amide bonds. The van der Waals surface area contributed by atoms with Crippen LogP contribution in [0.1, 0.15) is 11.6 Å². The van der Waals surface area contributed by atoms with Crippen LogP contribution in [0.3, 0.4) is 0 Å². The second kappa shape index (κ2) is 5.89. The zero-order valence-electron chi connectivity index (χ0n) is 10.1. The van der Waals surface area contributed by atoms with E-state index in [9.17, 15) is 0 Å². The average molecular weight is 247 g/mol. The summed E-state index contributed by atoms with van der Waals surface area (Å²) in [5.41, 5.74) is 1.32. The van der Waals surface area contributed by atoms with Crippen LogP contribution < -0.4 is 5.32 Å². The minimum Gasteiger partial charge on any atom is -0.329 e. The molecule has 1 aromatic heterocycles. The number of benzene rings is 1. The van der Waals surface area contributed by atoms with Crippen molar-refractivity contribution in [1.29, 1.82) is 0 Å². The number of hydrogen-bond donors (Lipinski definition) is 1. The molecule has 0 aliphatic rings. The van der Waals surface area contributed by atoms with Crippen LogP contribution in [-0.2, 0) is 7.05 Å². The Morgan fingerprint density at radius 3 is 2.71 bits per heavy atom. The molecule has 0 fully saturated rings.